The van der Waals surface area contributed by atoms with Crippen LogP contribution in [0, 0.1) is 5.41 Å². The summed E-state index contributed by atoms with van der Waals surface area (Å²) in [4.78, 5) is 0. The van der Waals surface area contributed by atoms with E-state index in [9.17, 15) is 8.42 Å². The molecule has 0 atom stereocenters. The summed E-state index contributed by atoms with van der Waals surface area (Å²) in [5.41, 5.74) is 1.26. The fraction of sp³-hybridized carbons (Fsp3) is 0.714. The van der Waals surface area contributed by atoms with Gasteiger partial charge in [-0.1, -0.05) is 20.8 Å². The summed E-state index contributed by atoms with van der Waals surface area (Å²) in [6.45, 7) is 7.56. The highest BCUT2D eigenvalue weighted by atomic mass is 32.2. The molecule has 1 aliphatic rings. The van der Waals surface area contributed by atoms with Crippen LogP contribution in [-0.2, 0) is 16.6 Å². The molecule has 114 valence electrons. The lowest BCUT2D eigenvalue weighted by Crippen LogP contribution is -2.29. The molecule has 1 saturated carbocycles. The highest BCUT2D eigenvalue weighted by molar-refractivity contribution is 7.91. The minimum atomic E-state index is -3.34. The summed E-state index contributed by atoms with van der Waals surface area (Å²) in [5, 5.41) is 5.21. The van der Waals surface area contributed by atoms with Crippen molar-refractivity contribution in [2.45, 2.75) is 56.8 Å². The van der Waals surface area contributed by atoms with Crippen LogP contribution < -0.4 is 10.0 Å². The monoisotopic (exact) mass is 316 g/mol. The van der Waals surface area contributed by atoms with E-state index in [4.69, 9.17) is 0 Å². The molecule has 0 saturated heterocycles. The molecule has 0 aromatic carbocycles. The lowest BCUT2D eigenvalue weighted by molar-refractivity contribution is 0.476. The van der Waals surface area contributed by atoms with E-state index in [1.54, 1.807) is 6.07 Å². The maximum Gasteiger partial charge on any atom is 0.250 e. The number of thiophene rings is 1. The number of hydrogen-bond donors (Lipinski definition) is 2. The van der Waals surface area contributed by atoms with Crippen LogP contribution >= 0.6 is 11.3 Å². The second-order valence-corrected chi connectivity index (χ2v) is 8.89. The van der Waals surface area contributed by atoms with E-state index >= 15 is 0 Å². The molecule has 1 aromatic rings. The smallest absolute Gasteiger partial charge is 0.250 e. The summed E-state index contributed by atoms with van der Waals surface area (Å²) >= 11 is 1.30. The molecular weight excluding hydrogens is 292 g/mol. The van der Waals surface area contributed by atoms with Gasteiger partial charge in [-0.05, 0) is 41.7 Å². The zero-order valence-electron chi connectivity index (χ0n) is 12.4. The van der Waals surface area contributed by atoms with E-state index in [0.29, 0.717) is 23.3 Å². The molecule has 0 bridgehead atoms. The molecule has 0 aliphatic heterocycles. The Balaban J connectivity index is 1.95. The molecule has 4 nitrogen and oxygen atoms in total. The molecular formula is C14H24N2O2S2. The first-order chi connectivity index (χ1) is 9.37. The van der Waals surface area contributed by atoms with Gasteiger partial charge in [-0.15, -0.1) is 11.3 Å². The molecule has 1 fully saturated rings. The quantitative estimate of drug-likeness (QED) is 0.775. The van der Waals surface area contributed by atoms with Crippen LogP contribution in [-0.4, -0.2) is 21.0 Å². The lowest BCUT2D eigenvalue weighted by atomic mass is 10.1. The summed E-state index contributed by atoms with van der Waals surface area (Å²) in [6, 6.07) is 2.17. The second kappa shape index (κ2) is 6.13. The standard InChI is InChI=1S/C14H24N2O2S2/c1-4-14(5-6-14)10-16-20(17,18)13-7-12(9-19-13)8-15-11(2)3/h7,9,11,15-16H,4-6,8,10H2,1-3H3. The molecule has 0 amide bonds. The third kappa shape index (κ3) is 4.04. The average molecular weight is 316 g/mol. The number of nitrogens with one attached hydrogen (secondary N) is 2. The van der Waals surface area contributed by atoms with E-state index in [1.165, 1.54) is 11.3 Å². The van der Waals surface area contributed by atoms with E-state index in [1.807, 2.05) is 5.38 Å². The molecule has 20 heavy (non-hydrogen) atoms. The van der Waals surface area contributed by atoms with Crippen molar-refractivity contribution in [1.82, 2.24) is 10.0 Å². The zero-order chi connectivity index (χ0) is 14.8. The van der Waals surface area contributed by atoms with Gasteiger partial charge in [0.05, 0.1) is 0 Å². The molecule has 1 aliphatic carbocycles. The molecule has 2 rings (SSSR count). The van der Waals surface area contributed by atoms with Crippen molar-refractivity contribution < 1.29 is 8.42 Å². The van der Waals surface area contributed by atoms with Crippen LogP contribution in [0.4, 0.5) is 0 Å². The van der Waals surface area contributed by atoms with E-state index in [-0.39, 0.29) is 5.41 Å². The fourth-order valence-corrected chi connectivity index (χ4v) is 4.47. The van der Waals surface area contributed by atoms with Gasteiger partial charge in [0.1, 0.15) is 4.21 Å². The number of hydrogen-bond acceptors (Lipinski definition) is 4. The third-order valence-electron chi connectivity index (χ3n) is 3.95. The van der Waals surface area contributed by atoms with Crippen molar-refractivity contribution >= 4 is 21.4 Å². The van der Waals surface area contributed by atoms with Crippen LogP contribution in [0.5, 0.6) is 0 Å². The lowest BCUT2D eigenvalue weighted by Gasteiger charge is -2.12. The predicted molar refractivity (Wildman–Crippen MR) is 83.4 cm³/mol. The van der Waals surface area contributed by atoms with Crippen molar-refractivity contribution in [3.05, 3.63) is 17.0 Å². The maximum absolute atomic E-state index is 12.3. The first-order valence-corrected chi connectivity index (χ1v) is 9.54. The summed E-state index contributed by atoms with van der Waals surface area (Å²) in [6.07, 6.45) is 3.32. The largest absolute Gasteiger partial charge is 0.310 e. The highest BCUT2D eigenvalue weighted by Crippen LogP contribution is 2.48. The second-order valence-electron chi connectivity index (χ2n) is 5.99. The first-order valence-electron chi connectivity index (χ1n) is 7.17. The molecule has 0 unspecified atom stereocenters. The Kier molecular flexibility index (Phi) is 4.89. The van der Waals surface area contributed by atoms with E-state index in [2.05, 4.69) is 30.8 Å². The van der Waals surface area contributed by atoms with Crippen molar-refractivity contribution in [1.29, 1.82) is 0 Å². The minimum Gasteiger partial charge on any atom is -0.310 e. The van der Waals surface area contributed by atoms with Crippen molar-refractivity contribution in [2.75, 3.05) is 6.54 Å². The molecule has 1 heterocycles. The van der Waals surface area contributed by atoms with Gasteiger partial charge in [0, 0.05) is 19.1 Å². The Morgan fingerprint density at radius 1 is 1.40 bits per heavy atom. The van der Waals surface area contributed by atoms with Crippen molar-refractivity contribution in [3.8, 4) is 0 Å². The summed E-state index contributed by atoms with van der Waals surface area (Å²) in [5.74, 6) is 0. The topological polar surface area (TPSA) is 58.2 Å². The normalized spacial score (nSPS) is 17.6. The molecule has 0 radical (unpaired) electrons. The van der Waals surface area contributed by atoms with Gasteiger partial charge >= 0.3 is 0 Å². The Hall–Kier alpha value is -0.430. The SMILES string of the molecule is CCC1(CNS(=O)(=O)c2cc(CNC(C)C)cs2)CC1. The Morgan fingerprint density at radius 2 is 2.10 bits per heavy atom. The maximum atomic E-state index is 12.3. The zero-order valence-corrected chi connectivity index (χ0v) is 14.0. The minimum absolute atomic E-state index is 0.229. The van der Waals surface area contributed by atoms with Gasteiger partial charge in [-0.25, -0.2) is 13.1 Å². The Bertz CT molecular complexity index is 545. The Morgan fingerprint density at radius 3 is 2.65 bits per heavy atom. The van der Waals surface area contributed by atoms with Gasteiger partial charge in [0.15, 0.2) is 0 Å². The van der Waals surface area contributed by atoms with Gasteiger partial charge in [-0.2, -0.15) is 0 Å². The summed E-state index contributed by atoms with van der Waals surface area (Å²) < 4.78 is 27.7. The number of sulfonamides is 1. The van der Waals surface area contributed by atoms with Crippen molar-refractivity contribution in [2.24, 2.45) is 5.41 Å². The first kappa shape index (κ1) is 15.9. The van der Waals surface area contributed by atoms with Crippen LogP contribution in [0.1, 0.15) is 45.6 Å². The average Bonchev–Trinajstić information content (AvgIpc) is 3.02. The highest BCUT2D eigenvalue weighted by Gasteiger charge is 2.41. The molecule has 0 spiro atoms. The Labute approximate surface area is 126 Å². The molecule has 6 heteroatoms. The molecule has 2 N–H and O–H groups in total. The van der Waals surface area contributed by atoms with E-state index < -0.39 is 10.0 Å². The predicted octanol–water partition coefficient (Wildman–Crippen LogP) is 2.71. The van der Waals surface area contributed by atoms with Crippen LogP contribution in [0.3, 0.4) is 0 Å². The van der Waals surface area contributed by atoms with E-state index in [0.717, 1.165) is 24.8 Å². The van der Waals surface area contributed by atoms with Gasteiger partial charge < -0.3 is 5.32 Å². The third-order valence-corrected chi connectivity index (χ3v) is 6.84. The fourth-order valence-electron chi connectivity index (χ4n) is 2.06. The molecule has 1 aromatic heterocycles. The van der Waals surface area contributed by atoms with Gasteiger partial charge in [-0.3, -0.25) is 0 Å². The van der Waals surface area contributed by atoms with Gasteiger partial charge in [0.25, 0.3) is 0 Å². The van der Waals surface area contributed by atoms with Crippen molar-refractivity contribution in [3.63, 3.8) is 0 Å². The van der Waals surface area contributed by atoms with Crippen LogP contribution in [0.25, 0.3) is 0 Å². The van der Waals surface area contributed by atoms with Crippen LogP contribution in [0.2, 0.25) is 0 Å². The summed E-state index contributed by atoms with van der Waals surface area (Å²) in [7, 11) is -3.34. The number of rotatable bonds is 8. The van der Waals surface area contributed by atoms with Gasteiger partial charge in [0.2, 0.25) is 10.0 Å². The van der Waals surface area contributed by atoms with Crippen LogP contribution in [0.15, 0.2) is 15.7 Å².